The van der Waals surface area contributed by atoms with Crippen molar-refractivity contribution in [2.24, 2.45) is 18.9 Å². The van der Waals surface area contributed by atoms with Crippen LogP contribution in [0.2, 0.25) is 0 Å². The van der Waals surface area contributed by atoms with Gasteiger partial charge < -0.3 is 15.0 Å². The minimum atomic E-state index is -4.77. The van der Waals surface area contributed by atoms with E-state index in [2.05, 4.69) is 10.3 Å². The minimum Gasteiger partial charge on any atom is -0.481 e. The van der Waals surface area contributed by atoms with Crippen molar-refractivity contribution in [3.05, 3.63) is 83.4 Å². The lowest BCUT2D eigenvalue weighted by atomic mass is 9.69. The zero-order chi connectivity index (χ0) is 32.8. The third-order valence-electron chi connectivity index (χ3n) is 8.49. The van der Waals surface area contributed by atoms with Crippen LogP contribution in [0.25, 0.3) is 11.0 Å². The molecule has 1 saturated carbocycles. The molecule has 1 aliphatic carbocycles. The summed E-state index contributed by atoms with van der Waals surface area (Å²) in [6.45, 7) is 1.82. The zero-order valence-corrected chi connectivity index (χ0v) is 25.3. The molecule has 3 aromatic carbocycles. The molecule has 1 heterocycles. The van der Waals surface area contributed by atoms with E-state index in [4.69, 9.17) is 0 Å². The summed E-state index contributed by atoms with van der Waals surface area (Å²) in [6.07, 6.45) is -3.70. The molecule has 0 saturated heterocycles. The molecule has 0 bridgehead atoms. The van der Waals surface area contributed by atoms with Crippen molar-refractivity contribution in [3.8, 4) is 0 Å². The van der Waals surface area contributed by atoms with Crippen molar-refractivity contribution < 1.29 is 40.7 Å². The maximum Gasteiger partial charge on any atom is 0.416 e. The van der Waals surface area contributed by atoms with Crippen molar-refractivity contribution in [2.75, 3.05) is 16.7 Å². The number of imidazole rings is 1. The van der Waals surface area contributed by atoms with Gasteiger partial charge in [-0.25, -0.2) is 17.8 Å². The second-order valence-electron chi connectivity index (χ2n) is 11.1. The van der Waals surface area contributed by atoms with Gasteiger partial charge in [0.2, 0.25) is 5.91 Å². The van der Waals surface area contributed by atoms with Crippen LogP contribution in [0.3, 0.4) is 0 Å². The number of halogens is 4. The first-order valence-corrected chi connectivity index (χ1v) is 15.5. The summed E-state index contributed by atoms with van der Waals surface area (Å²) in [5.74, 6) is -5.55. The van der Waals surface area contributed by atoms with Gasteiger partial charge in [-0.15, -0.1) is 0 Å². The Labute approximate surface area is 256 Å². The number of nitrogens with zero attached hydrogens (tertiary/aromatic N) is 3. The third-order valence-corrected chi connectivity index (χ3v) is 10.3. The summed E-state index contributed by atoms with van der Waals surface area (Å²) in [5.41, 5.74) is 0.528. The van der Waals surface area contributed by atoms with Crippen LogP contribution in [-0.2, 0) is 32.8 Å². The Morgan fingerprint density at radius 3 is 2.36 bits per heavy atom. The SMILES string of the molecule is Cc1nc2ccc(S(=O)(=O)N(C)c3ccc([C@H]4CCC[C@@H](C(=O)Nc5ccc(C(F)(F)F)cc5F)[C@@H]4C(=O)O)cc3)cc2n1C. The summed E-state index contributed by atoms with van der Waals surface area (Å²) in [5, 5.41) is 12.4. The van der Waals surface area contributed by atoms with Gasteiger partial charge in [0.15, 0.2) is 0 Å². The molecule has 1 aromatic heterocycles. The number of carboxylic acid groups (broad SMARTS) is 1. The number of aryl methyl sites for hydroxylation is 2. The number of nitrogens with one attached hydrogen (secondary N) is 1. The average molecular weight is 647 g/mol. The van der Waals surface area contributed by atoms with Crippen LogP contribution in [0.1, 0.15) is 42.1 Å². The summed E-state index contributed by atoms with van der Waals surface area (Å²) in [7, 11) is -0.766. The van der Waals surface area contributed by atoms with Crippen LogP contribution < -0.4 is 9.62 Å². The van der Waals surface area contributed by atoms with E-state index in [1.165, 1.54) is 13.1 Å². The fraction of sp³-hybridized carbons (Fsp3) is 0.323. The van der Waals surface area contributed by atoms with Crippen LogP contribution in [-0.4, -0.2) is 42.0 Å². The van der Waals surface area contributed by atoms with Gasteiger partial charge in [0.25, 0.3) is 10.0 Å². The highest BCUT2D eigenvalue weighted by molar-refractivity contribution is 7.92. The summed E-state index contributed by atoms with van der Waals surface area (Å²) < 4.78 is 83.0. The fourth-order valence-corrected chi connectivity index (χ4v) is 7.12. The molecule has 1 aliphatic rings. The lowest BCUT2D eigenvalue weighted by Crippen LogP contribution is -2.40. The predicted molar refractivity (Wildman–Crippen MR) is 159 cm³/mol. The number of carbonyl (C=O) groups excluding carboxylic acids is 1. The Bertz CT molecular complexity index is 1890. The van der Waals surface area contributed by atoms with Crippen LogP contribution >= 0.6 is 0 Å². The molecule has 5 rings (SSSR count). The van der Waals surface area contributed by atoms with Crippen LogP contribution in [0, 0.1) is 24.6 Å². The van der Waals surface area contributed by atoms with Gasteiger partial charge in [-0.1, -0.05) is 18.6 Å². The molecule has 14 heteroatoms. The number of fused-ring (bicyclic) bond motifs is 1. The van der Waals surface area contributed by atoms with Crippen LogP contribution in [0.4, 0.5) is 28.9 Å². The molecule has 238 valence electrons. The van der Waals surface area contributed by atoms with Crippen molar-refractivity contribution in [1.29, 1.82) is 0 Å². The number of hydrogen-bond donors (Lipinski definition) is 2. The topological polar surface area (TPSA) is 122 Å². The van der Waals surface area contributed by atoms with E-state index in [9.17, 15) is 40.7 Å². The first-order chi connectivity index (χ1) is 21.1. The molecule has 4 aromatic rings. The van der Waals surface area contributed by atoms with E-state index < -0.39 is 62.9 Å². The van der Waals surface area contributed by atoms with E-state index in [-0.39, 0.29) is 17.4 Å². The van der Waals surface area contributed by atoms with Gasteiger partial charge in [-0.3, -0.25) is 13.9 Å². The molecule has 9 nitrogen and oxygen atoms in total. The van der Waals surface area contributed by atoms with E-state index in [1.807, 2.05) is 6.92 Å². The maximum absolute atomic E-state index is 14.4. The molecular weight excluding hydrogens is 616 g/mol. The Morgan fingerprint density at radius 1 is 1.04 bits per heavy atom. The number of amides is 1. The van der Waals surface area contributed by atoms with E-state index in [1.54, 1.807) is 48.0 Å². The van der Waals surface area contributed by atoms with Crippen LogP contribution in [0.5, 0.6) is 0 Å². The highest BCUT2D eigenvalue weighted by Crippen LogP contribution is 2.43. The van der Waals surface area contributed by atoms with E-state index in [0.717, 1.165) is 16.2 Å². The first-order valence-electron chi connectivity index (χ1n) is 14.0. The highest BCUT2D eigenvalue weighted by Gasteiger charge is 2.43. The van der Waals surface area contributed by atoms with Crippen molar-refractivity contribution >= 4 is 44.3 Å². The maximum atomic E-state index is 14.4. The molecular formula is C31H30F4N4O5S. The van der Waals surface area contributed by atoms with Crippen molar-refractivity contribution in [3.63, 3.8) is 0 Å². The number of sulfonamides is 1. The Hall–Kier alpha value is -4.46. The second kappa shape index (κ2) is 11.8. The minimum absolute atomic E-state index is 0.0705. The number of benzene rings is 3. The number of aromatic nitrogens is 2. The zero-order valence-electron chi connectivity index (χ0n) is 24.5. The highest BCUT2D eigenvalue weighted by atomic mass is 32.2. The summed E-state index contributed by atoms with van der Waals surface area (Å²) >= 11 is 0. The molecule has 0 unspecified atom stereocenters. The monoisotopic (exact) mass is 646 g/mol. The molecule has 1 fully saturated rings. The van der Waals surface area contributed by atoms with E-state index in [0.29, 0.717) is 41.2 Å². The number of alkyl halides is 3. The lowest BCUT2D eigenvalue weighted by Gasteiger charge is -2.35. The number of hydrogen-bond acceptors (Lipinski definition) is 5. The molecule has 0 aliphatic heterocycles. The summed E-state index contributed by atoms with van der Waals surface area (Å²) in [4.78, 5) is 30.0. The number of rotatable bonds is 7. The largest absolute Gasteiger partial charge is 0.481 e. The number of carbonyl (C=O) groups is 2. The van der Waals surface area contributed by atoms with Gasteiger partial charge >= 0.3 is 12.1 Å². The van der Waals surface area contributed by atoms with Gasteiger partial charge in [0.1, 0.15) is 11.6 Å². The van der Waals surface area contributed by atoms with Gasteiger partial charge in [-0.2, -0.15) is 13.2 Å². The van der Waals surface area contributed by atoms with Gasteiger partial charge in [0, 0.05) is 14.1 Å². The Morgan fingerprint density at radius 2 is 1.73 bits per heavy atom. The standard InChI is InChI=1S/C31H30F4N4O5S/c1-17-36-26-14-12-21(16-27(26)38(17)2)45(43,44)39(3)20-10-7-18(8-11-20)22-5-4-6-23(28(22)30(41)42)29(40)37-25-13-9-19(15-24(25)32)31(33,34)35/h7-16,22-23,28H,4-6H2,1-3H3,(H,37,40)(H,41,42)/t22-,23-,28-/m1/s1. The smallest absolute Gasteiger partial charge is 0.416 e. The number of anilines is 2. The van der Waals surface area contributed by atoms with Crippen molar-refractivity contribution in [2.45, 2.75) is 43.2 Å². The average Bonchev–Trinajstić information content (AvgIpc) is 3.28. The molecule has 0 spiro atoms. The second-order valence-corrected chi connectivity index (χ2v) is 13.1. The normalized spacial score (nSPS) is 19.0. The number of carboxylic acids is 1. The quantitative estimate of drug-likeness (QED) is 0.235. The van der Waals surface area contributed by atoms with Crippen molar-refractivity contribution in [1.82, 2.24) is 9.55 Å². The molecule has 0 radical (unpaired) electrons. The van der Waals surface area contributed by atoms with E-state index >= 15 is 0 Å². The lowest BCUT2D eigenvalue weighted by molar-refractivity contribution is -0.148. The van der Waals surface area contributed by atoms with Gasteiger partial charge in [0.05, 0.1) is 44.7 Å². The summed E-state index contributed by atoms with van der Waals surface area (Å²) in [6, 6.07) is 12.7. The molecule has 2 N–H and O–H groups in total. The Balaban J connectivity index is 1.36. The van der Waals surface area contributed by atoms with Crippen LogP contribution in [0.15, 0.2) is 65.6 Å². The first kappa shape index (κ1) is 31.9. The number of aliphatic carboxylic acids is 1. The van der Waals surface area contributed by atoms with Gasteiger partial charge in [-0.05, 0) is 79.8 Å². The fourth-order valence-electron chi connectivity index (χ4n) is 5.91. The third kappa shape index (κ3) is 6.10. The molecule has 1 amide bonds. The molecule has 3 atom stereocenters. The predicted octanol–water partition coefficient (Wildman–Crippen LogP) is 6.09. The Kier molecular flexibility index (Phi) is 8.38. The molecule has 45 heavy (non-hydrogen) atoms.